The Morgan fingerprint density at radius 1 is 1.12 bits per heavy atom. The van der Waals surface area contributed by atoms with E-state index in [1.165, 1.54) is 3.57 Å². The largest absolute Gasteiger partial charge is 0.494 e. The molecule has 0 fully saturated rings. The molecule has 0 saturated carbocycles. The van der Waals surface area contributed by atoms with Gasteiger partial charge in [0, 0.05) is 10.1 Å². The van der Waals surface area contributed by atoms with E-state index in [0.29, 0.717) is 0 Å². The molecule has 90 valence electrons. The first-order valence-corrected chi connectivity index (χ1v) is 6.94. The SMILES string of the molecule is CCN(CC)CCCOc1ccc(I)cc1. The van der Waals surface area contributed by atoms with Gasteiger partial charge in [0.1, 0.15) is 5.75 Å². The Balaban J connectivity index is 2.18. The van der Waals surface area contributed by atoms with Gasteiger partial charge in [0.2, 0.25) is 0 Å². The lowest BCUT2D eigenvalue weighted by Gasteiger charge is -2.17. The van der Waals surface area contributed by atoms with Crippen molar-refractivity contribution in [2.24, 2.45) is 0 Å². The number of halogens is 1. The molecular weight excluding hydrogens is 313 g/mol. The van der Waals surface area contributed by atoms with E-state index in [2.05, 4.69) is 53.5 Å². The summed E-state index contributed by atoms with van der Waals surface area (Å²) in [5, 5.41) is 0. The van der Waals surface area contributed by atoms with Gasteiger partial charge < -0.3 is 9.64 Å². The summed E-state index contributed by atoms with van der Waals surface area (Å²) >= 11 is 2.30. The second-order valence-electron chi connectivity index (χ2n) is 3.68. The van der Waals surface area contributed by atoms with Crippen LogP contribution in [0.4, 0.5) is 0 Å². The van der Waals surface area contributed by atoms with Gasteiger partial charge in [-0.3, -0.25) is 0 Å². The number of hydrogen-bond donors (Lipinski definition) is 0. The van der Waals surface area contributed by atoms with Gasteiger partial charge >= 0.3 is 0 Å². The molecule has 3 heteroatoms. The molecular formula is C13H20INO. The summed E-state index contributed by atoms with van der Waals surface area (Å²) < 4.78 is 6.91. The lowest BCUT2D eigenvalue weighted by molar-refractivity contribution is 0.249. The van der Waals surface area contributed by atoms with E-state index < -0.39 is 0 Å². The Hall–Kier alpha value is -0.290. The molecule has 0 unspecified atom stereocenters. The Labute approximate surface area is 112 Å². The molecule has 0 aliphatic rings. The number of nitrogens with zero attached hydrogens (tertiary/aromatic N) is 1. The van der Waals surface area contributed by atoms with Crippen LogP contribution in [0.15, 0.2) is 24.3 Å². The van der Waals surface area contributed by atoms with E-state index in [0.717, 1.165) is 38.4 Å². The molecule has 2 nitrogen and oxygen atoms in total. The van der Waals surface area contributed by atoms with Crippen molar-refractivity contribution >= 4 is 22.6 Å². The average Bonchev–Trinajstić information content (AvgIpc) is 2.32. The molecule has 0 N–H and O–H groups in total. The zero-order valence-electron chi connectivity index (χ0n) is 10.1. The van der Waals surface area contributed by atoms with Gasteiger partial charge in [-0.25, -0.2) is 0 Å². The number of benzene rings is 1. The molecule has 1 rings (SSSR count). The maximum absolute atomic E-state index is 5.67. The number of hydrogen-bond acceptors (Lipinski definition) is 2. The van der Waals surface area contributed by atoms with Crippen LogP contribution in [-0.4, -0.2) is 31.1 Å². The van der Waals surface area contributed by atoms with Crippen molar-refractivity contribution in [1.29, 1.82) is 0 Å². The lowest BCUT2D eigenvalue weighted by Crippen LogP contribution is -2.25. The minimum atomic E-state index is 0.803. The standard InChI is InChI=1S/C13H20INO/c1-3-15(4-2)10-5-11-16-13-8-6-12(14)7-9-13/h6-9H,3-5,10-11H2,1-2H3. The highest BCUT2D eigenvalue weighted by molar-refractivity contribution is 14.1. The van der Waals surface area contributed by atoms with Crippen LogP contribution < -0.4 is 4.74 Å². The molecule has 0 bridgehead atoms. The topological polar surface area (TPSA) is 12.5 Å². The summed E-state index contributed by atoms with van der Waals surface area (Å²) in [7, 11) is 0. The molecule has 1 aromatic rings. The second kappa shape index (κ2) is 7.90. The Kier molecular flexibility index (Phi) is 6.80. The van der Waals surface area contributed by atoms with Crippen molar-refractivity contribution in [2.45, 2.75) is 20.3 Å². The second-order valence-corrected chi connectivity index (χ2v) is 4.93. The first-order chi connectivity index (χ1) is 7.76. The Bertz CT molecular complexity index is 282. The zero-order valence-corrected chi connectivity index (χ0v) is 12.2. The third-order valence-electron chi connectivity index (χ3n) is 2.60. The van der Waals surface area contributed by atoms with Gasteiger partial charge in [0.15, 0.2) is 0 Å². The minimum Gasteiger partial charge on any atom is -0.494 e. The highest BCUT2D eigenvalue weighted by Crippen LogP contribution is 2.13. The monoisotopic (exact) mass is 333 g/mol. The van der Waals surface area contributed by atoms with Crippen molar-refractivity contribution in [3.05, 3.63) is 27.8 Å². The molecule has 0 aliphatic carbocycles. The van der Waals surface area contributed by atoms with E-state index in [1.807, 2.05) is 12.1 Å². The first-order valence-electron chi connectivity index (χ1n) is 5.87. The third kappa shape index (κ3) is 5.16. The minimum absolute atomic E-state index is 0.803. The van der Waals surface area contributed by atoms with Gasteiger partial charge in [-0.05, 0) is 66.4 Å². The first kappa shape index (κ1) is 13.8. The highest BCUT2D eigenvalue weighted by Gasteiger charge is 1.98. The number of rotatable bonds is 7. The highest BCUT2D eigenvalue weighted by atomic mass is 127. The van der Waals surface area contributed by atoms with Crippen LogP contribution in [-0.2, 0) is 0 Å². The van der Waals surface area contributed by atoms with Crippen molar-refractivity contribution in [1.82, 2.24) is 4.90 Å². The molecule has 0 heterocycles. The molecule has 0 atom stereocenters. The van der Waals surface area contributed by atoms with Crippen LogP contribution in [0.5, 0.6) is 5.75 Å². The van der Waals surface area contributed by atoms with Crippen LogP contribution in [0.25, 0.3) is 0 Å². The average molecular weight is 333 g/mol. The van der Waals surface area contributed by atoms with Crippen LogP contribution in [0.1, 0.15) is 20.3 Å². The normalized spacial score (nSPS) is 10.8. The van der Waals surface area contributed by atoms with Crippen LogP contribution in [0, 0.1) is 3.57 Å². The Morgan fingerprint density at radius 3 is 2.31 bits per heavy atom. The van der Waals surface area contributed by atoms with E-state index in [9.17, 15) is 0 Å². The summed E-state index contributed by atoms with van der Waals surface area (Å²) in [4.78, 5) is 2.41. The Morgan fingerprint density at radius 2 is 1.75 bits per heavy atom. The molecule has 1 aromatic carbocycles. The molecule has 0 aromatic heterocycles. The van der Waals surface area contributed by atoms with Crippen LogP contribution in [0.2, 0.25) is 0 Å². The molecule has 0 radical (unpaired) electrons. The van der Waals surface area contributed by atoms with Crippen molar-refractivity contribution < 1.29 is 4.74 Å². The molecule has 16 heavy (non-hydrogen) atoms. The molecule has 0 saturated heterocycles. The molecule has 0 aliphatic heterocycles. The summed E-state index contributed by atoms with van der Waals surface area (Å²) in [6.45, 7) is 8.57. The van der Waals surface area contributed by atoms with Crippen molar-refractivity contribution in [2.75, 3.05) is 26.2 Å². The fourth-order valence-electron chi connectivity index (χ4n) is 1.55. The fourth-order valence-corrected chi connectivity index (χ4v) is 1.91. The number of ether oxygens (including phenoxy) is 1. The predicted molar refractivity (Wildman–Crippen MR) is 77.1 cm³/mol. The smallest absolute Gasteiger partial charge is 0.119 e. The summed E-state index contributed by atoms with van der Waals surface area (Å²) in [5.74, 6) is 0.972. The van der Waals surface area contributed by atoms with Crippen LogP contribution in [0.3, 0.4) is 0 Å². The molecule has 0 spiro atoms. The van der Waals surface area contributed by atoms with Gasteiger partial charge in [-0.15, -0.1) is 0 Å². The maximum Gasteiger partial charge on any atom is 0.119 e. The van der Waals surface area contributed by atoms with E-state index in [1.54, 1.807) is 0 Å². The predicted octanol–water partition coefficient (Wildman–Crippen LogP) is 3.40. The van der Waals surface area contributed by atoms with E-state index in [4.69, 9.17) is 4.74 Å². The van der Waals surface area contributed by atoms with E-state index in [-0.39, 0.29) is 0 Å². The van der Waals surface area contributed by atoms with Crippen molar-refractivity contribution in [3.8, 4) is 5.75 Å². The lowest BCUT2D eigenvalue weighted by atomic mass is 10.3. The summed E-state index contributed by atoms with van der Waals surface area (Å²) in [5.41, 5.74) is 0. The molecule has 0 amide bonds. The fraction of sp³-hybridized carbons (Fsp3) is 0.538. The maximum atomic E-state index is 5.67. The van der Waals surface area contributed by atoms with Crippen molar-refractivity contribution in [3.63, 3.8) is 0 Å². The van der Waals surface area contributed by atoms with Gasteiger partial charge in [-0.2, -0.15) is 0 Å². The zero-order chi connectivity index (χ0) is 11.8. The van der Waals surface area contributed by atoms with Gasteiger partial charge in [0.25, 0.3) is 0 Å². The van der Waals surface area contributed by atoms with Gasteiger partial charge in [0.05, 0.1) is 6.61 Å². The van der Waals surface area contributed by atoms with Crippen LogP contribution >= 0.6 is 22.6 Å². The third-order valence-corrected chi connectivity index (χ3v) is 3.31. The quantitative estimate of drug-likeness (QED) is 0.560. The summed E-state index contributed by atoms with van der Waals surface area (Å²) in [6, 6.07) is 8.19. The summed E-state index contributed by atoms with van der Waals surface area (Å²) in [6.07, 6.45) is 1.09. The van der Waals surface area contributed by atoms with E-state index >= 15 is 0 Å². The van der Waals surface area contributed by atoms with Gasteiger partial charge in [-0.1, -0.05) is 13.8 Å².